The standard InChI is InChI=1S/C15H27F3/c1-10(2)8-14(3,4)9-11-6-7-12(11)15(5,18)13(16)17/h10-13H,6-9H2,1-5H3/t11?,12-,15-/m1/s1. The molecule has 0 aromatic carbocycles. The molecule has 3 heteroatoms. The van der Waals surface area contributed by atoms with Gasteiger partial charge in [0.15, 0.2) is 5.67 Å². The number of hydrogen-bond donors (Lipinski definition) is 0. The fourth-order valence-corrected chi connectivity index (χ4v) is 3.62. The third-order valence-electron chi connectivity index (χ3n) is 4.34. The fraction of sp³-hybridized carbons (Fsp3) is 1.00. The van der Waals surface area contributed by atoms with Crippen molar-refractivity contribution in [2.24, 2.45) is 23.2 Å². The third-order valence-corrected chi connectivity index (χ3v) is 4.34. The van der Waals surface area contributed by atoms with Crippen molar-refractivity contribution in [3.63, 3.8) is 0 Å². The third kappa shape index (κ3) is 3.64. The van der Waals surface area contributed by atoms with E-state index in [9.17, 15) is 13.2 Å². The van der Waals surface area contributed by atoms with E-state index in [1.165, 1.54) is 0 Å². The monoisotopic (exact) mass is 264 g/mol. The average Bonchev–Trinajstić information content (AvgIpc) is 2.09. The Hall–Kier alpha value is -0.210. The molecule has 0 aliphatic heterocycles. The van der Waals surface area contributed by atoms with Crippen molar-refractivity contribution in [2.45, 2.75) is 72.4 Å². The van der Waals surface area contributed by atoms with Crippen LogP contribution in [0.15, 0.2) is 0 Å². The van der Waals surface area contributed by atoms with Crippen molar-refractivity contribution in [1.82, 2.24) is 0 Å². The predicted octanol–water partition coefficient (Wildman–Crippen LogP) is 5.47. The number of halogens is 3. The van der Waals surface area contributed by atoms with Crippen LogP contribution in [-0.4, -0.2) is 12.1 Å². The molecule has 0 bridgehead atoms. The van der Waals surface area contributed by atoms with Crippen LogP contribution in [0.2, 0.25) is 0 Å². The van der Waals surface area contributed by atoms with Crippen molar-refractivity contribution in [1.29, 1.82) is 0 Å². The molecule has 0 N–H and O–H groups in total. The van der Waals surface area contributed by atoms with Gasteiger partial charge in [0.25, 0.3) is 6.43 Å². The van der Waals surface area contributed by atoms with Crippen LogP contribution in [0.5, 0.6) is 0 Å². The van der Waals surface area contributed by atoms with Crippen LogP contribution in [-0.2, 0) is 0 Å². The molecule has 0 radical (unpaired) electrons. The minimum atomic E-state index is -2.86. The summed E-state index contributed by atoms with van der Waals surface area (Å²) in [5.41, 5.74) is -2.19. The second kappa shape index (κ2) is 5.42. The maximum absolute atomic E-state index is 14.0. The molecule has 1 aliphatic carbocycles. The molecule has 1 fully saturated rings. The lowest BCUT2D eigenvalue weighted by Gasteiger charge is -2.47. The van der Waals surface area contributed by atoms with Gasteiger partial charge in [-0.25, -0.2) is 13.2 Å². The Morgan fingerprint density at radius 2 is 1.67 bits per heavy atom. The zero-order chi connectivity index (χ0) is 14.1. The van der Waals surface area contributed by atoms with Crippen LogP contribution in [0.1, 0.15) is 60.3 Å². The SMILES string of the molecule is CC(C)CC(C)(C)CC1CC[C@H]1[C@@](C)(F)C(F)F. The first-order valence-corrected chi connectivity index (χ1v) is 7.03. The van der Waals surface area contributed by atoms with Gasteiger partial charge in [-0.2, -0.15) is 0 Å². The van der Waals surface area contributed by atoms with Crippen molar-refractivity contribution < 1.29 is 13.2 Å². The van der Waals surface area contributed by atoms with Crippen LogP contribution in [0.4, 0.5) is 13.2 Å². The highest BCUT2D eigenvalue weighted by Gasteiger charge is 2.51. The maximum Gasteiger partial charge on any atom is 0.272 e. The van der Waals surface area contributed by atoms with Gasteiger partial charge in [0.05, 0.1) is 0 Å². The predicted molar refractivity (Wildman–Crippen MR) is 69.6 cm³/mol. The molecule has 1 unspecified atom stereocenters. The zero-order valence-corrected chi connectivity index (χ0v) is 12.3. The van der Waals surface area contributed by atoms with E-state index in [2.05, 4.69) is 27.7 Å². The van der Waals surface area contributed by atoms with Gasteiger partial charge < -0.3 is 0 Å². The lowest BCUT2D eigenvalue weighted by molar-refractivity contribution is -0.113. The number of rotatable bonds is 6. The zero-order valence-electron chi connectivity index (χ0n) is 12.3. The van der Waals surface area contributed by atoms with E-state index in [-0.39, 0.29) is 11.3 Å². The fourth-order valence-electron chi connectivity index (χ4n) is 3.62. The molecule has 0 aromatic rings. The summed E-state index contributed by atoms with van der Waals surface area (Å²) in [6, 6.07) is 0. The van der Waals surface area contributed by atoms with Crippen LogP contribution < -0.4 is 0 Å². The highest BCUT2D eigenvalue weighted by atomic mass is 19.3. The molecule has 0 nitrogen and oxygen atoms in total. The van der Waals surface area contributed by atoms with Crippen molar-refractivity contribution in [3.05, 3.63) is 0 Å². The largest absolute Gasteiger partial charge is 0.272 e. The van der Waals surface area contributed by atoms with Crippen LogP contribution in [0, 0.1) is 23.2 Å². The molecular formula is C15H27F3. The first-order valence-electron chi connectivity index (χ1n) is 7.03. The van der Waals surface area contributed by atoms with Crippen molar-refractivity contribution in [3.8, 4) is 0 Å². The Kier molecular flexibility index (Phi) is 4.77. The molecule has 18 heavy (non-hydrogen) atoms. The lowest BCUT2D eigenvalue weighted by Crippen LogP contribution is -2.47. The van der Waals surface area contributed by atoms with Gasteiger partial charge in [0.2, 0.25) is 0 Å². The Morgan fingerprint density at radius 3 is 2.00 bits per heavy atom. The molecule has 1 saturated carbocycles. The summed E-state index contributed by atoms with van der Waals surface area (Å²) in [6.45, 7) is 9.74. The Bertz CT molecular complexity index is 269. The van der Waals surface area contributed by atoms with Crippen LogP contribution in [0.25, 0.3) is 0 Å². The molecule has 1 rings (SSSR count). The van der Waals surface area contributed by atoms with E-state index in [0.717, 1.165) is 26.2 Å². The number of hydrogen-bond acceptors (Lipinski definition) is 0. The second-order valence-corrected chi connectivity index (χ2v) is 7.36. The maximum atomic E-state index is 14.0. The van der Waals surface area contributed by atoms with Gasteiger partial charge in [-0.3, -0.25) is 0 Å². The Morgan fingerprint density at radius 1 is 1.11 bits per heavy atom. The van der Waals surface area contributed by atoms with Crippen LogP contribution in [0.3, 0.4) is 0 Å². The van der Waals surface area contributed by atoms with E-state index in [4.69, 9.17) is 0 Å². The smallest absolute Gasteiger partial charge is 0.238 e. The summed E-state index contributed by atoms with van der Waals surface area (Å²) in [5.74, 6) is 0.261. The highest BCUT2D eigenvalue weighted by molar-refractivity contribution is 4.97. The Labute approximate surface area is 109 Å². The quantitative estimate of drug-likeness (QED) is 0.597. The molecule has 3 atom stereocenters. The minimum absolute atomic E-state index is 0.121. The molecule has 0 heterocycles. The van der Waals surface area contributed by atoms with Gasteiger partial charge in [-0.1, -0.05) is 27.7 Å². The molecule has 0 spiro atoms. The molecule has 1 aliphatic rings. The summed E-state index contributed by atoms with van der Waals surface area (Å²) < 4.78 is 39.4. The van der Waals surface area contributed by atoms with Gasteiger partial charge >= 0.3 is 0 Å². The molecule has 0 saturated heterocycles. The molecule has 0 amide bonds. The first-order chi connectivity index (χ1) is 8.06. The van der Waals surface area contributed by atoms with E-state index >= 15 is 0 Å². The molecule has 108 valence electrons. The molecular weight excluding hydrogens is 237 g/mol. The Balaban J connectivity index is 2.59. The van der Waals surface area contributed by atoms with E-state index in [0.29, 0.717) is 12.3 Å². The summed E-state index contributed by atoms with van der Waals surface area (Å²) in [5, 5.41) is 0. The summed E-state index contributed by atoms with van der Waals surface area (Å²) in [4.78, 5) is 0. The van der Waals surface area contributed by atoms with Gasteiger partial charge in [0.1, 0.15) is 0 Å². The van der Waals surface area contributed by atoms with E-state index in [1.54, 1.807) is 0 Å². The summed E-state index contributed by atoms with van der Waals surface area (Å²) in [7, 11) is 0. The normalized spacial score (nSPS) is 28.3. The average molecular weight is 264 g/mol. The van der Waals surface area contributed by atoms with Gasteiger partial charge in [0, 0.05) is 5.92 Å². The summed E-state index contributed by atoms with van der Waals surface area (Å²) in [6.07, 6.45) is 0.576. The number of alkyl halides is 3. The molecule has 0 aromatic heterocycles. The van der Waals surface area contributed by atoms with E-state index in [1.807, 2.05) is 0 Å². The van der Waals surface area contributed by atoms with Gasteiger partial charge in [-0.15, -0.1) is 0 Å². The topological polar surface area (TPSA) is 0 Å². The van der Waals surface area contributed by atoms with Crippen molar-refractivity contribution >= 4 is 0 Å². The van der Waals surface area contributed by atoms with Crippen LogP contribution >= 0.6 is 0 Å². The van der Waals surface area contributed by atoms with Gasteiger partial charge in [-0.05, 0) is 49.9 Å². The van der Waals surface area contributed by atoms with Crippen molar-refractivity contribution in [2.75, 3.05) is 0 Å². The van der Waals surface area contributed by atoms with E-state index < -0.39 is 18.0 Å². The minimum Gasteiger partial charge on any atom is -0.238 e. The lowest BCUT2D eigenvalue weighted by atomic mass is 9.60. The first kappa shape index (κ1) is 15.8. The second-order valence-electron chi connectivity index (χ2n) is 7.36. The highest BCUT2D eigenvalue weighted by Crippen LogP contribution is 2.51. The summed E-state index contributed by atoms with van der Waals surface area (Å²) >= 11 is 0.